The second-order valence-corrected chi connectivity index (χ2v) is 2.41. The van der Waals surface area contributed by atoms with Gasteiger partial charge in [0.15, 0.2) is 6.29 Å². The fourth-order valence-corrected chi connectivity index (χ4v) is 0.811. The van der Waals surface area contributed by atoms with E-state index in [1.165, 1.54) is 0 Å². The molecule has 0 saturated carbocycles. The zero-order valence-corrected chi connectivity index (χ0v) is 5.27. The molecular formula is C5H10O5. The molecule has 10 heavy (non-hydrogen) atoms. The monoisotopic (exact) mass is 150 g/mol. The summed E-state index contributed by atoms with van der Waals surface area (Å²) in [4.78, 5) is 0. The van der Waals surface area contributed by atoms with Gasteiger partial charge in [-0.3, -0.25) is 0 Å². The van der Waals surface area contributed by atoms with Crippen LogP contribution in [0.4, 0.5) is 0 Å². The van der Waals surface area contributed by atoms with Crippen LogP contribution < -0.4 is 0 Å². The SMILES string of the molecule is OCC1(O)COC(O)C1O. The van der Waals surface area contributed by atoms with Gasteiger partial charge in [0.2, 0.25) is 0 Å². The van der Waals surface area contributed by atoms with Gasteiger partial charge in [0.25, 0.3) is 0 Å². The van der Waals surface area contributed by atoms with E-state index in [0.29, 0.717) is 0 Å². The molecular weight excluding hydrogens is 140 g/mol. The molecule has 5 heteroatoms. The van der Waals surface area contributed by atoms with E-state index in [4.69, 9.17) is 20.4 Å². The van der Waals surface area contributed by atoms with Crippen LogP contribution in [0.5, 0.6) is 0 Å². The van der Waals surface area contributed by atoms with Crippen molar-refractivity contribution in [1.29, 1.82) is 0 Å². The predicted molar refractivity (Wildman–Crippen MR) is 30.0 cm³/mol. The third kappa shape index (κ3) is 1.02. The van der Waals surface area contributed by atoms with Crippen LogP contribution in [-0.4, -0.2) is 51.6 Å². The van der Waals surface area contributed by atoms with E-state index < -0.39 is 24.6 Å². The van der Waals surface area contributed by atoms with E-state index in [2.05, 4.69) is 4.74 Å². The first kappa shape index (κ1) is 7.90. The van der Waals surface area contributed by atoms with E-state index in [1.54, 1.807) is 0 Å². The van der Waals surface area contributed by atoms with Crippen LogP contribution in [0.1, 0.15) is 0 Å². The quantitative estimate of drug-likeness (QED) is 0.329. The Labute approximate surface area is 57.5 Å². The second-order valence-electron chi connectivity index (χ2n) is 2.41. The Hall–Kier alpha value is -0.200. The van der Waals surface area contributed by atoms with Crippen LogP contribution in [0.3, 0.4) is 0 Å². The maximum atomic E-state index is 9.15. The molecule has 3 atom stereocenters. The van der Waals surface area contributed by atoms with Crippen molar-refractivity contribution in [2.24, 2.45) is 0 Å². The van der Waals surface area contributed by atoms with Crippen molar-refractivity contribution in [3.05, 3.63) is 0 Å². The van der Waals surface area contributed by atoms with Crippen molar-refractivity contribution in [3.63, 3.8) is 0 Å². The number of hydrogen-bond donors (Lipinski definition) is 4. The minimum Gasteiger partial charge on any atom is -0.393 e. The zero-order chi connectivity index (χ0) is 7.78. The van der Waals surface area contributed by atoms with Gasteiger partial charge in [0, 0.05) is 0 Å². The summed E-state index contributed by atoms with van der Waals surface area (Å²) in [5.74, 6) is 0. The maximum absolute atomic E-state index is 9.15. The van der Waals surface area contributed by atoms with E-state index in [0.717, 1.165) is 0 Å². The smallest absolute Gasteiger partial charge is 0.184 e. The fraction of sp³-hybridized carbons (Fsp3) is 1.00. The zero-order valence-electron chi connectivity index (χ0n) is 5.27. The lowest BCUT2D eigenvalue weighted by molar-refractivity contribution is -0.128. The molecule has 0 aliphatic carbocycles. The molecule has 0 amide bonds. The van der Waals surface area contributed by atoms with Gasteiger partial charge in [0.1, 0.15) is 11.7 Å². The van der Waals surface area contributed by atoms with Crippen molar-refractivity contribution in [1.82, 2.24) is 0 Å². The van der Waals surface area contributed by atoms with Crippen molar-refractivity contribution in [2.75, 3.05) is 13.2 Å². The molecule has 1 fully saturated rings. The largest absolute Gasteiger partial charge is 0.393 e. The highest BCUT2D eigenvalue weighted by atomic mass is 16.6. The van der Waals surface area contributed by atoms with Gasteiger partial charge in [-0.1, -0.05) is 0 Å². The van der Waals surface area contributed by atoms with Gasteiger partial charge in [-0.2, -0.15) is 0 Å². The van der Waals surface area contributed by atoms with Gasteiger partial charge in [-0.05, 0) is 0 Å². The summed E-state index contributed by atoms with van der Waals surface area (Å²) in [6, 6.07) is 0. The lowest BCUT2D eigenvalue weighted by atomic mass is 10.0. The van der Waals surface area contributed by atoms with Crippen LogP contribution in [0.15, 0.2) is 0 Å². The summed E-state index contributed by atoms with van der Waals surface area (Å²) in [5.41, 5.74) is -1.70. The number of aliphatic hydroxyl groups is 4. The third-order valence-corrected chi connectivity index (χ3v) is 1.60. The highest BCUT2D eigenvalue weighted by Crippen LogP contribution is 2.22. The summed E-state index contributed by atoms with van der Waals surface area (Å²) in [6.07, 6.45) is -2.81. The van der Waals surface area contributed by atoms with Gasteiger partial charge in [-0.25, -0.2) is 0 Å². The molecule has 1 aliphatic heterocycles. The first-order chi connectivity index (χ1) is 4.60. The minimum absolute atomic E-state index is 0.244. The molecule has 0 aromatic rings. The topological polar surface area (TPSA) is 90.2 Å². The molecule has 1 aliphatic rings. The van der Waals surface area contributed by atoms with Crippen molar-refractivity contribution < 1.29 is 25.2 Å². The molecule has 0 aromatic heterocycles. The Morgan fingerprint density at radius 2 is 2.10 bits per heavy atom. The first-order valence-electron chi connectivity index (χ1n) is 2.91. The van der Waals surface area contributed by atoms with Crippen molar-refractivity contribution >= 4 is 0 Å². The van der Waals surface area contributed by atoms with E-state index in [9.17, 15) is 0 Å². The third-order valence-electron chi connectivity index (χ3n) is 1.60. The molecule has 0 radical (unpaired) electrons. The number of rotatable bonds is 1. The molecule has 0 bridgehead atoms. The van der Waals surface area contributed by atoms with Crippen LogP contribution in [0.25, 0.3) is 0 Å². The van der Waals surface area contributed by atoms with E-state index in [1.807, 2.05) is 0 Å². The molecule has 4 N–H and O–H groups in total. The van der Waals surface area contributed by atoms with Crippen LogP contribution in [0, 0.1) is 0 Å². The average Bonchev–Trinajstić information content (AvgIpc) is 2.19. The van der Waals surface area contributed by atoms with E-state index >= 15 is 0 Å². The van der Waals surface area contributed by atoms with E-state index in [-0.39, 0.29) is 6.61 Å². The Bertz CT molecular complexity index is 127. The first-order valence-corrected chi connectivity index (χ1v) is 2.91. The molecule has 5 nitrogen and oxygen atoms in total. The second kappa shape index (κ2) is 2.44. The lowest BCUT2D eigenvalue weighted by Gasteiger charge is -2.21. The average molecular weight is 150 g/mol. The molecule has 1 heterocycles. The number of aliphatic hydroxyl groups excluding tert-OH is 3. The van der Waals surface area contributed by atoms with Crippen molar-refractivity contribution in [2.45, 2.75) is 18.0 Å². The van der Waals surface area contributed by atoms with Gasteiger partial charge in [-0.15, -0.1) is 0 Å². The van der Waals surface area contributed by atoms with Gasteiger partial charge >= 0.3 is 0 Å². The highest BCUT2D eigenvalue weighted by molar-refractivity contribution is 4.92. The van der Waals surface area contributed by atoms with Crippen LogP contribution in [-0.2, 0) is 4.74 Å². The fourth-order valence-electron chi connectivity index (χ4n) is 0.811. The molecule has 1 rings (SSSR count). The standard InChI is InChI=1S/C5H10O5/c6-1-5(9)2-10-4(8)3(5)7/h3-4,6-9H,1-2H2. The molecule has 1 saturated heterocycles. The van der Waals surface area contributed by atoms with Gasteiger partial charge in [0.05, 0.1) is 13.2 Å². The van der Waals surface area contributed by atoms with Crippen molar-refractivity contribution in [3.8, 4) is 0 Å². The minimum atomic E-state index is -1.70. The molecule has 0 aromatic carbocycles. The summed E-state index contributed by atoms with van der Waals surface area (Å²) in [5, 5.41) is 35.3. The maximum Gasteiger partial charge on any atom is 0.184 e. The van der Waals surface area contributed by atoms with Gasteiger partial charge < -0.3 is 25.2 Å². The summed E-state index contributed by atoms with van der Waals surface area (Å²) in [7, 11) is 0. The Balaban J connectivity index is 2.64. The number of hydrogen-bond acceptors (Lipinski definition) is 5. The Morgan fingerprint density at radius 1 is 1.50 bits per heavy atom. The Morgan fingerprint density at radius 3 is 2.30 bits per heavy atom. The van der Waals surface area contributed by atoms with Crippen LogP contribution in [0.2, 0.25) is 0 Å². The Kier molecular flexibility index (Phi) is 1.93. The molecule has 0 spiro atoms. The predicted octanol–water partition coefficient (Wildman–Crippen LogP) is -2.58. The normalized spacial score (nSPS) is 48.0. The lowest BCUT2D eigenvalue weighted by Crippen LogP contribution is -2.46. The highest BCUT2D eigenvalue weighted by Gasteiger charge is 2.46. The summed E-state index contributed by atoms with van der Waals surface area (Å²) in [6.45, 7) is -0.864. The van der Waals surface area contributed by atoms with Crippen LogP contribution >= 0.6 is 0 Å². The molecule has 60 valence electrons. The summed E-state index contributed by atoms with van der Waals surface area (Å²) >= 11 is 0. The summed E-state index contributed by atoms with van der Waals surface area (Å²) < 4.78 is 4.47. The molecule has 3 unspecified atom stereocenters. The number of ether oxygens (including phenoxy) is 1.